The van der Waals surface area contributed by atoms with Gasteiger partial charge in [0.15, 0.2) is 17.6 Å². The van der Waals surface area contributed by atoms with Gasteiger partial charge < -0.3 is 20.4 Å². The van der Waals surface area contributed by atoms with Crippen LogP contribution >= 0.6 is 0 Å². The highest BCUT2D eigenvalue weighted by atomic mass is 19.1. The zero-order valence-electron chi connectivity index (χ0n) is 17.4. The van der Waals surface area contributed by atoms with Crippen LogP contribution in [0.25, 0.3) is 0 Å². The lowest BCUT2D eigenvalue weighted by Crippen LogP contribution is -2.48. The summed E-state index contributed by atoms with van der Waals surface area (Å²) in [5.41, 5.74) is 0.956. The Kier molecular flexibility index (Phi) is 7.53. The van der Waals surface area contributed by atoms with Crippen LogP contribution in [0.2, 0.25) is 0 Å². The van der Waals surface area contributed by atoms with Crippen molar-refractivity contribution >= 4 is 17.7 Å². The second kappa shape index (κ2) is 10.5. The summed E-state index contributed by atoms with van der Waals surface area (Å²) < 4.78 is 13.9. The van der Waals surface area contributed by atoms with E-state index in [0.29, 0.717) is 37.8 Å². The van der Waals surface area contributed by atoms with E-state index in [1.165, 1.54) is 6.07 Å². The van der Waals surface area contributed by atoms with Crippen LogP contribution in [0.3, 0.4) is 0 Å². The largest absolute Gasteiger partial charge is 0.352 e. The molecule has 9 heteroatoms. The predicted octanol–water partition coefficient (Wildman–Crippen LogP) is 1.06. The van der Waals surface area contributed by atoms with Crippen molar-refractivity contribution in [3.05, 3.63) is 54.2 Å². The Morgan fingerprint density at radius 2 is 2.13 bits per heavy atom. The average molecular weight is 414 g/mol. The molecule has 3 heterocycles. The van der Waals surface area contributed by atoms with Crippen LogP contribution in [0.5, 0.6) is 0 Å². The van der Waals surface area contributed by atoms with E-state index >= 15 is 0 Å². The Balaban J connectivity index is 1.42. The number of guanidine groups is 1. The Hall–Kier alpha value is -3.23. The third kappa shape index (κ3) is 5.88. The summed E-state index contributed by atoms with van der Waals surface area (Å²) in [6, 6.07) is 8.85. The molecule has 3 rings (SSSR count). The quantitative estimate of drug-likeness (QED) is 0.522. The first-order valence-electron chi connectivity index (χ1n) is 10.0. The number of hydrogen-bond donors (Lipinski definition) is 2. The average Bonchev–Trinajstić information content (AvgIpc) is 3.24. The van der Waals surface area contributed by atoms with Crippen LogP contribution in [0.15, 0.2) is 47.7 Å². The number of anilines is 1. The Bertz CT molecular complexity index is 861. The summed E-state index contributed by atoms with van der Waals surface area (Å²) in [5.74, 6) is 0.571. The fourth-order valence-corrected chi connectivity index (χ4v) is 3.32. The summed E-state index contributed by atoms with van der Waals surface area (Å²) in [7, 11) is 3.44. The van der Waals surface area contributed by atoms with Gasteiger partial charge in [-0.25, -0.2) is 9.37 Å². The molecule has 0 aromatic carbocycles. The molecule has 1 saturated heterocycles. The first-order valence-corrected chi connectivity index (χ1v) is 10.0. The molecule has 1 aliphatic heterocycles. The Labute approximate surface area is 176 Å². The molecule has 2 aromatic heterocycles. The zero-order valence-corrected chi connectivity index (χ0v) is 17.4. The van der Waals surface area contributed by atoms with Crippen molar-refractivity contribution in [2.75, 3.05) is 45.2 Å². The van der Waals surface area contributed by atoms with Crippen molar-refractivity contribution in [3.63, 3.8) is 0 Å². The molecule has 0 aliphatic carbocycles. The number of nitrogens with one attached hydrogen (secondary N) is 2. The second-order valence-corrected chi connectivity index (χ2v) is 7.20. The van der Waals surface area contributed by atoms with E-state index in [0.717, 1.165) is 12.1 Å². The highest BCUT2D eigenvalue weighted by Crippen LogP contribution is 2.20. The van der Waals surface area contributed by atoms with Crippen LogP contribution in [0, 0.1) is 5.82 Å². The zero-order chi connectivity index (χ0) is 21.3. The normalized spacial score (nSPS) is 16.4. The third-order valence-corrected chi connectivity index (χ3v) is 5.05. The lowest BCUT2D eigenvalue weighted by atomic mass is 10.2. The van der Waals surface area contributed by atoms with Crippen molar-refractivity contribution < 1.29 is 9.18 Å². The topological polar surface area (TPSA) is 85.8 Å². The van der Waals surface area contributed by atoms with Crippen LogP contribution < -0.4 is 15.5 Å². The molecular weight excluding hydrogens is 385 g/mol. The maximum Gasteiger partial charge on any atom is 0.241 e. The minimum atomic E-state index is -0.319. The van der Waals surface area contributed by atoms with E-state index < -0.39 is 0 Å². The molecule has 160 valence electrons. The van der Waals surface area contributed by atoms with Gasteiger partial charge >= 0.3 is 0 Å². The molecule has 30 heavy (non-hydrogen) atoms. The number of pyridine rings is 2. The highest BCUT2D eigenvalue weighted by Gasteiger charge is 2.26. The van der Waals surface area contributed by atoms with Crippen LogP contribution in [-0.2, 0) is 11.2 Å². The monoisotopic (exact) mass is 413 g/mol. The van der Waals surface area contributed by atoms with Gasteiger partial charge in [0, 0.05) is 64.3 Å². The minimum absolute atomic E-state index is 0.0301. The van der Waals surface area contributed by atoms with Gasteiger partial charge in [0.2, 0.25) is 5.91 Å². The number of carbonyl (C=O) groups excluding carboxylic acids is 1. The maximum absolute atomic E-state index is 13.9. The molecule has 1 amide bonds. The summed E-state index contributed by atoms with van der Waals surface area (Å²) in [4.78, 5) is 28.6. The van der Waals surface area contributed by atoms with Gasteiger partial charge in [0.1, 0.15) is 0 Å². The van der Waals surface area contributed by atoms with Crippen LogP contribution in [0.4, 0.5) is 10.2 Å². The van der Waals surface area contributed by atoms with Gasteiger partial charge in [-0.1, -0.05) is 6.07 Å². The molecule has 2 aromatic rings. The first kappa shape index (κ1) is 21.5. The van der Waals surface area contributed by atoms with E-state index in [4.69, 9.17) is 0 Å². The number of carbonyl (C=O) groups is 1. The molecule has 0 spiro atoms. The standard InChI is InChI=1S/C21H28FN7O/c1-23-21(26-14-19(30)28(2)12-8-16-6-3-4-10-24-16)27-17-9-13-29(15-17)20-18(22)7-5-11-25-20/h3-7,10-11,17H,8-9,12-15H2,1-2H3,(H2,23,26,27). The van der Waals surface area contributed by atoms with Crippen molar-refractivity contribution in [2.24, 2.45) is 4.99 Å². The summed E-state index contributed by atoms with van der Waals surface area (Å²) >= 11 is 0. The van der Waals surface area contributed by atoms with Gasteiger partial charge in [-0.3, -0.25) is 14.8 Å². The molecular formula is C21H28FN7O. The molecule has 8 nitrogen and oxygen atoms in total. The lowest BCUT2D eigenvalue weighted by Gasteiger charge is -2.21. The predicted molar refractivity (Wildman–Crippen MR) is 115 cm³/mol. The van der Waals surface area contributed by atoms with Crippen molar-refractivity contribution in [1.82, 2.24) is 25.5 Å². The number of nitrogens with zero attached hydrogens (tertiary/aromatic N) is 5. The number of rotatable bonds is 7. The first-order chi connectivity index (χ1) is 14.6. The minimum Gasteiger partial charge on any atom is -0.352 e. The van der Waals surface area contributed by atoms with Gasteiger partial charge in [-0.15, -0.1) is 0 Å². The van der Waals surface area contributed by atoms with E-state index in [9.17, 15) is 9.18 Å². The van der Waals surface area contributed by atoms with Crippen molar-refractivity contribution in [1.29, 1.82) is 0 Å². The number of aromatic nitrogens is 2. The smallest absolute Gasteiger partial charge is 0.241 e. The van der Waals surface area contributed by atoms with Crippen LogP contribution in [0.1, 0.15) is 12.1 Å². The lowest BCUT2D eigenvalue weighted by molar-refractivity contribution is -0.128. The fourth-order valence-electron chi connectivity index (χ4n) is 3.32. The van der Waals surface area contributed by atoms with E-state index in [-0.39, 0.29) is 24.3 Å². The summed E-state index contributed by atoms with van der Waals surface area (Å²) in [6.07, 6.45) is 4.88. The number of halogens is 1. The summed E-state index contributed by atoms with van der Waals surface area (Å²) in [5, 5.41) is 6.37. The third-order valence-electron chi connectivity index (χ3n) is 5.05. The van der Waals surface area contributed by atoms with Gasteiger partial charge in [0.05, 0.1) is 6.54 Å². The molecule has 1 aliphatic rings. The Morgan fingerprint density at radius 1 is 1.30 bits per heavy atom. The fraction of sp³-hybridized carbons (Fsp3) is 0.429. The molecule has 0 bridgehead atoms. The summed E-state index contributed by atoms with van der Waals surface area (Å²) in [6.45, 7) is 2.06. The highest BCUT2D eigenvalue weighted by molar-refractivity contribution is 5.86. The molecule has 1 unspecified atom stereocenters. The maximum atomic E-state index is 13.9. The van der Waals surface area contributed by atoms with Gasteiger partial charge in [-0.2, -0.15) is 0 Å². The van der Waals surface area contributed by atoms with Crippen molar-refractivity contribution in [2.45, 2.75) is 18.9 Å². The number of aliphatic imine (C=N–C) groups is 1. The Morgan fingerprint density at radius 3 is 2.87 bits per heavy atom. The molecule has 0 saturated carbocycles. The van der Waals surface area contributed by atoms with Crippen molar-refractivity contribution in [3.8, 4) is 0 Å². The van der Waals surface area contributed by atoms with Gasteiger partial charge in [0.25, 0.3) is 0 Å². The second-order valence-electron chi connectivity index (χ2n) is 7.20. The molecule has 2 N–H and O–H groups in total. The van der Waals surface area contributed by atoms with E-state index in [1.54, 1.807) is 37.5 Å². The van der Waals surface area contributed by atoms with E-state index in [1.807, 2.05) is 23.1 Å². The van der Waals surface area contributed by atoms with Crippen LogP contribution in [-0.4, -0.2) is 73.1 Å². The van der Waals surface area contributed by atoms with E-state index in [2.05, 4.69) is 25.6 Å². The number of likely N-dealkylation sites (N-methyl/N-ethyl adjacent to an activating group) is 1. The molecule has 1 atom stereocenters. The molecule has 1 fully saturated rings. The SMILES string of the molecule is CN=C(NCC(=O)N(C)CCc1ccccn1)NC1CCN(c2ncccc2F)C1. The number of hydrogen-bond acceptors (Lipinski definition) is 5. The molecule has 0 radical (unpaired) electrons. The van der Waals surface area contributed by atoms with Gasteiger partial charge in [-0.05, 0) is 30.7 Å². The number of amides is 1.